The van der Waals surface area contributed by atoms with E-state index in [1.165, 1.54) is 29.9 Å². The Hall–Kier alpha value is -2.36. The molecule has 1 fully saturated rings. The molecule has 1 unspecified atom stereocenters. The second-order valence-corrected chi connectivity index (χ2v) is 7.29. The highest BCUT2D eigenvalue weighted by Gasteiger charge is 2.35. The van der Waals surface area contributed by atoms with Crippen LogP contribution in [0, 0.1) is 19.8 Å². The van der Waals surface area contributed by atoms with Crippen LogP contribution in [0.5, 0.6) is 5.75 Å². The molecule has 2 amide bonds. The van der Waals surface area contributed by atoms with Gasteiger partial charge in [-0.3, -0.25) is 14.5 Å². The summed E-state index contributed by atoms with van der Waals surface area (Å²) in [5.41, 5.74) is 3.10. The van der Waals surface area contributed by atoms with Crippen LogP contribution in [0.4, 0.5) is 0 Å². The van der Waals surface area contributed by atoms with Crippen molar-refractivity contribution >= 4 is 17.9 Å². The Morgan fingerprint density at radius 1 is 1.23 bits per heavy atom. The summed E-state index contributed by atoms with van der Waals surface area (Å²) < 4.78 is 5.40. The van der Waals surface area contributed by atoms with Crippen LogP contribution < -0.4 is 4.74 Å². The molecule has 4 heteroatoms. The monoisotopic (exact) mass is 353 g/mol. The highest BCUT2D eigenvalue weighted by atomic mass is 16.5. The van der Waals surface area contributed by atoms with E-state index in [0.717, 1.165) is 41.7 Å². The third-order valence-corrected chi connectivity index (χ3v) is 5.67. The van der Waals surface area contributed by atoms with Crippen LogP contribution in [-0.2, 0) is 9.59 Å². The van der Waals surface area contributed by atoms with Crippen molar-refractivity contribution in [2.24, 2.45) is 5.92 Å². The molecular weight excluding hydrogens is 326 g/mol. The van der Waals surface area contributed by atoms with Crippen LogP contribution in [0.25, 0.3) is 6.08 Å². The molecule has 1 aromatic rings. The van der Waals surface area contributed by atoms with Gasteiger partial charge in [-0.1, -0.05) is 25.0 Å². The average molecular weight is 353 g/mol. The third kappa shape index (κ3) is 3.74. The largest absolute Gasteiger partial charge is 0.496 e. The van der Waals surface area contributed by atoms with E-state index < -0.39 is 0 Å². The quantitative estimate of drug-likeness (QED) is 0.762. The predicted octanol–water partition coefficient (Wildman–Crippen LogP) is 4.20. The molecule has 0 aromatic heterocycles. The first-order chi connectivity index (χ1) is 12.5. The minimum atomic E-state index is -0.228. The molecular formula is C22H27NO3. The highest BCUT2D eigenvalue weighted by molar-refractivity contribution is 6.07. The fraction of sp³-hybridized carbons (Fsp3) is 0.455. The van der Waals surface area contributed by atoms with Gasteiger partial charge in [-0.05, 0) is 73.9 Å². The number of methoxy groups -OCH3 is 1. The first kappa shape index (κ1) is 18.4. The number of hydrogen-bond acceptors (Lipinski definition) is 3. The maximum absolute atomic E-state index is 12.8. The molecule has 1 heterocycles. The van der Waals surface area contributed by atoms with Gasteiger partial charge in [0.2, 0.25) is 0 Å². The minimum absolute atomic E-state index is 0.00133. The van der Waals surface area contributed by atoms with Crippen molar-refractivity contribution in [3.63, 3.8) is 0 Å². The van der Waals surface area contributed by atoms with E-state index >= 15 is 0 Å². The van der Waals surface area contributed by atoms with E-state index in [4.69, 9.17) is 4.74 Å². The Balaban J connectivity index is 1.81. The predicted molar refractivity (Wildman–Crippen MR) is 103 cm³/mol. The summed E-state index contributed by atoms with van der Waals surface area (Å²) >= 11 is 0. The molecule has 3 rings (SSSR count). The first-order valence-corrected chi connectivity index (χ1v) is 9.38. The number of carbonyl (C=O) groups excluding carboxylic acids is 2. The number of benzene rings is 1. The molecule has 1 aromatic carbocycles. The second-order valence-electron chi connectivity index (χ2n) is 7.29. The lowest BCUT2D eigenvalue weighted by molar-refractivity contribution is -0.143. The van der Waals surface area contributed by atoms with Crippen LogP contribution in [0.3, 0.4) is 0 Å². The summed E-state index contributed by atoms with van der Waals surface area (Å²) in [5.74, 6) is 0.815. The van der Waals surface area contributed by atoms with Crippen LogP contribution in [0.15, 0.2) is 30.4 Å². The van der Waals surface area contributed by atoms with Crippen LogP contribution in [0.2, 0.25) is 0 Å². The normalized spacial score (nSPS) is 21.0. The number of amides is 2. The number of aryl methyl sites for hydroxylation is 1. The van der Waals surface area contributed by atoms with E-state index in [1.54, 1.807) is 13.2 Å². The molecule has 1 aliphatic heterocycles. The summed E-state index contributed by atoms with van der Waals surface area (Å²) in [6, 6.07) is 3.94. The molecule has 1 aliphatic carbocycles. The van der Waals surface area contributed by atoms with Gasteiger partial charge >= 0.3 is 0 Å². The van der Waals surface area contributed by atoms with Gasteiger partial charge in [-0.2, -0.15) is 0 Å². The molecule has 0 saturated heterocycles. The molecule has 0 spiro atoms. The highest BCUT2D eigenvalue weighted by Crippen LogP contribution is 2.34. The zero-order valence-corrected chi connectivity index (χ0v) is 15.8. The zero-order valence-electron chi connectivity index (χ0n) is 15.8. The number of ether oxygens (including phenoxy) is 1. The summed E-state index contributed by atoms with van der Waals surface area (Å²) in [7, 11) is 1.64. The topological polar surface area (TPSA) is 46.6 Å². The minimum Gasteiger partial charge on any atom is -0.496 e. The van der Waals surface area contributed by atoms with Crippen molar-refractivity contribution < 1.29 is 14.3 Å². The van der Waals surface area contributed by atoms with E-state index in [1.807, 2.05) is 32.1 Å². The number of imide groups is 1. The number of nitrogens with zero attached hydrogens (tertiary/aromatic N) is 1. The fourth-order valence-electron chi connectivity index (χ4n) is 4.08. The maximum atomic E-state index is 12.8. The van der Waals surface area contributed by atoms with E-state index in [-0.39, 0.29) is 17.9 Å². The number of rotatable bonds is 4. The second kappa shape index (κ2) is 7.90. The van der Waals surface area contributed by atoms with Crippen molar-refractivity contribution in [1.82, 2.24) is 4.90 Å². The van der Waals surface area contributed by atoms with E-state index in [0.29, 0.717) is 5.92 Å². The van der Waals surface area contributed by atoms with Gasteiger partial charge in [0.05, 0.1) is 7.11 Å². The Labute approximate surface area is 155 Å². The molecule has 26 heavy (non-hydrogen) atoms. The molecule has 0 bridgehead atoms. The molecule has 1 saturated carbocycles. The molecule has 0 radical (unpaired) electrons. The molecule has 4 nitrogen and oxygen atoms in total. The fourth-order valence-corrected chi connectivity index (χ4v) is 4.08. The van der Waals surface area contributed by atoms with Gasteiger partial charge < -0.3 is 4.74 Å². The molecule has 138 valence electrons. The van der Waals surface area contributed by atoms with Gasteiger partial charge in [0.15, 0.2) is 0 Å². The summed E-state index contributed by atoms with van der Waals surface area (Å²) in [6.07, 6.45) is 12.1. The lowest BCUT2D eigenvalue weighted by Crippen LogP contribution is -2.48. The van der Waals surface area contributed by atoms with Crippen molar-refractivity contribution in [3.8, 4) is 5.75 Å². The Morgan fingerprint density at radius 3 is 2.65 bits per heavy atom. The van der Waals surface area contributed by atoms with Gasteiger partial charge in [0, 0.05) is 12.1 Å². The van der Waals surface area contributed by atoms with Gasteiger partial charge in [-0.15, -0.1) is 0 Å². The standard InChI is InChI=1S/C22H27NO3/c1-15-13-17(14-20(26-3)16(15)2)11-12-22(25)23-19(9-6-10-21(23)24)18-7-4-5-8-18/h6,10-14,18-19H,4-5,7-9H2,1-3H3/b12-11+. The van der Waals surface area contributed by atoms with Crippen LogP contribution in [-0.4, -0.2) is 29.9 Å². The van der Waals surface area contributed by atoms with Crippen molar-refractivity contribution in [2.45, 2.75) is 52.0 Å². The van der Waals surface area contributed by atoms with Crippen molar-refractivity contribution in [1.29, 1.82) is 0 Å². The van der Waals surface area contributed by atoms with Crippen molar-refractivity contribution in [3.05, 3.63) is 47.1 Å². The number of hydrogen-bond donors (Lipinski definition) is 0. The van der Waals surface area contributed by atoms with Gasteiger partial charge in [0.1, 0.15) is 5.75 Å². The van der Waals surface area contributed by atoms with Crippen molar-refractivity contribution in [2.75, 3.05) is 7.11 Å². The zero-order chi connectivity index (χ0) is 18.7. The van der Waals surface area contributed by atoms with Crippen LogP contribution >= 0.6 is 0 Å². The Bertz CT molecular complexity index is 757. The Morgan fingerprint density at radius 2 is 1.96 bits per heavy atom. The van der Waals surface area contributed by atoms with E-state index in [2.05, 4.69) is 0 Å². The molecule has 0 N–H and O–H groups in total. The lowest BCUT2D eigenvalue weighted by Gasteiger charge is -2.34. The molecule has 1 atom stereocenters. The smallest absolute Gasteiger partial charge is 0.253 e. The van der Waals surface area contributed by atoms with Crippen LogP contribution in [0.1, 0.15) is 48.8 Å². The summed E-state index contributed by atoms with van der Waals surface area (Å²) in [6.45, 7) is 4.03. The number of carbonyl (C=O) groups is 2. The lowest BCUT2D eigenvalue weighted by atomic mass is 9.91. The maximum Gasteiger partial charge on any atom is 0.253 e. The first-order valence-electron chi connectivity index (χ1n) is 9.38. The third-order valence-electron chi connectivity index (χ3n) is 5.67. The van der Waals surface area contributed by atoms with Gasteiger partial charge in [0.25, 0.3) is 11.8 Å². The van der Waals surface area contributed by atoms with E-state index in [9.17, 15) is 9.59 Å². The SMILES string of the molecule is COc1cc(/C=C/C(=O)N2C(=O)C=CCC2C2CCCC2)cc(C)c1C. The van der Waals surface area contributed by atoms with Gasteiger partial charge in [-0.25, -0.2) is 0 Å². The Kier molecular flexibility index (Phi) is 5.60. The summed E-state index contributed by atoms with van der Waals surface area (Å²) in [4.78, 5) is 26.6. The molecule has 2 aliphatic rings. The summed E-state index contributed by atoms with van der Waals surface area (Å²) in [5, 5.41) is 0. The average Bonchev–Trinajstić information content (AvgIpc) is 3.16.